The van der Waals surface area contributed by atoms with Crippen molar-refractivity contribution >= 4 is 11.0 Å². The summed E-state index contributed by atoms with van der Waals surface area (Å²) in [7, 11) is 0. The molecule has 3 fully saturated rings. The van der Waals surface area contributed by atoms with Crippen LogP contribution >= 0.6 is 0 Å². The van der Waals surface area contributed by atoms with Crippen molar-refractivity contribution in [1.29, 1.82) is 0 Å². The molecule has 4 aliphatic heterocycles. The smallest absolute Gasteiger partial charge is 0.298 e. The van der Waals surface area contributed by atoms with E-state index in [0.717, 1.165) is 24.6 Å². The minimum Gasteiger partial charge on any atom is -0.454 e. The van der Waals surface area contributed by atoms with Crippen molar-refractivity contribution in [2.75, 3.05) is 19.6 Å². The first kappa shape index (κ1) is 11.1. The molecule has 4 nitrogen and oxygen atoms in total. The van der Waals surface area contributed by atoms with Crippen LogP contribution in [0, 0.1) is 12.8 Å². The minimum absolute atomic E-state index is 0.00207. The Kier molecular flexibility index (Phi) is 1.98. The topological polar surface area (TPSA) is 30.3 Å². The fourth-order valence-electron chi connectivity index (χ4n) is 4.35. The number of aromatic nitrogens is 2. The molecule has 0 amide bonds. The molecule has 0 saturated carbocycles. The van der Waals surface area contributed by atoms with Gasteiger partial charge in [0.1, 0.15) is 5.60 Å². The normalized spacial score (nSPS) is 34.6. The molecule has 4 heteroatoms. The molecule has 6 rings (SSSR count). The molecule has 2 bridgehead atoms. The van der Waals surface area contributed by atoms with Crippen molar-refractivity contribution in [1.82, 2.24) is 14.5 Å². The van der Waals surface area contributed by atoms with Gasteiger partial charge in [-0.15, -0.1) is 0 Å². The van der Waals surface area contributed by atoms with E-state index in [1.165, 1.54) is 37.0 Å². The van der Waals surface area contributed by atoms with Crippen LogP contribution in [-0.2, 0) is 6.54 Å². The number of piperidine rings is 3. The first-order chi connectivity index (χ1) is 9.73. The molecular weight excluding hydrogens is 250 g/mol. The van der Waals surface area contributed by atoms with Crippen LogP contribution in [0.15, 0.2) is 18.2 Å². The number of fused-ring (bicyclic) bond motifs is 5. The van der Waals surface area contributed by atoms with Crippen molar-refractivity contribution in [3.63, 3.8) is 0 Å². The van der Waals surface area contributed by atoms with Crippen molar-refractivity contribution in [3.8, 4) is 6.01 Å². The predicted octanol–water partition coefficient (Wildman–Crippen LogP) is 2.20. The number of hydrogen-bond acceptors (Lipinski definition) is 3. The van der Waals surface area contributed by atoms with E-state index in [2.05, 4.69) is 34.6 Å². The fourth-order valence-corrected chi connectivity index (χ4v) is 4.35. The average Bonchev–Trinajstić information content (AvgIpc) is 2.93. The van der Waals surface area contributed by atoms with E-state index in [9.17, 15) is 0 Å². The molecular formula is C16H19N3O. The van der Waals surface area contributed by atoms with Crippen molar-refractivity contribution in [2.45, 2.75) is 31.9 Å². The van der Waals surface area contributed by atoms with Crippen LogP contribution in [-0.4, -0.2) is 39.7 Å². The maximum atomic E-state index is 6.40. The molecule has 20 heavy (non-hydrogen) atoms. The Morgan fingerprint density at radius 2 is 2.10 bits per heavy atom. The molecule has 1 atom stereocenters. The molecule has 3 saturated heterocycles. The number of aryl methyl sites for hydroxylation is 1. The molecule has 4 aliphatic rings. The first-order valence-corrected chi connectivity index (χ1v) is 7.62. The van der Waals surface area contributed by atoms with E-state index in [1.54, 1.807) is 0 Å². The maximum absolute atomic E-state index is 6.40. The maximum Gasteiger partial charge on any atom is 0.298 e. The molecule has 0 N–H and O–H groups in total. The molecule has 1 aromatic heterocycles. The third-order valence-corrected chi connectivity index (χ3v) is 5.41. The van der Waals surface area contributed by atoms with Crippen molar-refractivity contribution in [3.05, 3.63) is 23.8 Å². The number of imidazole rings is 1. The second-order valence-corrected chi connectivity index (χ2v) is 6.69. The highest BCUT2D eigenvalue weighted by molar-refractivity contribution is 5.78. The predicted molar refractivity (Wildman–Crippen MR) is 77.0 cm³/mol. The van der Waals surface area contributed by atoms with Crippen LogP contribution < -0.4 is 4.74 Å². The van der Waals surface area contributed by atoms with Crippen LogP contribution in [0.5, 0.6) is 6.01 Å². The summed E-state index contributed by atoms with van der Waals surface area (Å²) in [4.78, 5) is 7.26. The average molecular weight is 269 g/mol. The molecule has 2 aromatic rings. The fraction of sp³-hybridized carbons (Fsp3) is 0.562. The largest absolute Gasteiger partial charge is 0.454 e. The summed E-state index contributed by atoms with van der Waals surface area (Å²) < 4.78 is 8.69. The van der Waals surface area contributed by atoms with Crippen LogP contribution in [0.1, 0.15) is 18.4 Å². The Balaban J connectivity index is 1.59. The van der Waals surface area contributed by atoms with E-state index < -0.39 is 0 Å². The summed E-state index contributed by atoms with van der Waals surface area (Å²) in [6.45, 7) is 6.66. The Hall–Kier alpha value is -1.55. The van der Waals surface area contributed by atoms with Gasteiger partial charge in [-0.1, -0.05) is 6.07 Å². The summed E-state index contributed by atoms with van der Waals surface area (Å²) in [5, 5.41) is 0. The number of ether oxygens (including phenoxy) is 1. The summed E-state index contributed by atoms with van der Waals surface area (Å²) in [5.74, 6) is 0.703. The highest BCUT2D eigenvalue weighted by Crippen LogP contribution is 2.45. The molecule has 1 spiro atoms. The lowest BCUT2D eigenvalue weighted by molar-refractivity contribution is -0.0831. The van der Waals surface area contributed by atoms with Gasteiger partial charge in [0.25, 0.3) is 6.01 Å². The van der Waals surface area contributed by atoms with Crippen molar-refractivity contribution < 1.29 is 4.74 Å². The molecule has 0 aliphatic carbocycles. The van der Waals surface area contributed by atoms with Gasteiger partial charge in [-0.25, -0.2) is 0 Å². The third-order valence-electron chi connectivity index (χ3n) is 5.41. The van der Waals surface area contributed by atoms with Crippen LogP contribution in [0.2, 0.25) is 0 Å². The number of benzene rings is 1. The van der Waals surface area contributed by atoms with E-state index in [4.69, 9.17) is 9.72 Å². The summed E-state index contributed by atoms with van der Waals surface area (Å²) in [5.41, 5.74) is 3.54. The molecule has 5 heterocycles. The zero-order valence-corrected chi connectivity index (χ0v) is 11.8. The molecule has 0 radical (unpaired) electrons. The van der Waals surface area contributed by atoms with E-state index in [0.29, 0.717) is 5.92 Å². The number of rotatable bonds is 0. The standard InChI is InChI=1S/C16H19N3O/c1-11-2-3-14-13(8-11)17-15-19(14)10-16(20-15)9-18-6-4-12(16)5-7-18/h2-3,8,12H,4-7,9-10H2,1H3/t16-/m1/s1. The number of hydrogen-bond donors (Lipinski definition) is 0. The van der Waals surface area contributed by atoms with Gasteiger partial charge >= 0.3 is 0 Å². The van der Waals surface area contributed by atoms with E-state index in [-0.39, 0.29) is 5.60 Å². The lowest BCUT2D eigenvalue weighted by Gasteiger charge is -2.50. The zero-order chi connectivity index (χ0) is 13.3. The lowest BCUT2D eigenvalue weighted by atomic mass is 9.75. The second kappa shape index (κ2) is 3.55. The summed E-state index contributed by atoms with van der Waals surface area (Å²) in [6.07, 6.45) is 2.56. The zero-order valence-electron chi connectivity index (χ0n) is 11.8. The highest BCUT2D eigenvalue weighted by Gasteiger charge is 2.53. The second-order valence-electron chi connectivity index (χ2n) is 6.69. The Morgan fingerprint density at radius 1 is 1.25 bits per heavy atom. The Morgan fingerprint density at radius 3 is 2.85 bits per heavy atom. The van der Waals surface area contributed by atoms with Gasteiger partial charge in [0, 0.05) is 12.5 Å². The van der Waals surface area contributed by atoms with Crippen LogP contribution in [0.25, 0.3) is 11.0 Å². The first-order valence-electron chi connectivity index (χ1n) is 7.62. The van der Waals surface area contributed by atoms with Gasteiger partial charge in [0.15, 0.2) is 0 Å². The summed E-state index contributed by atoms with van der Waals surface area (Å²) in [6, 6.07) is 7.33. The van der Waals surface area contributed by atoms with E-state index in [1.807, 2.05) is 0 Å². The number of nitrogens with zero attached hydrogens (tertiary/aromatic N) is 3. The van der Waals surface area contributed by atoms with E-state index >= 15 is 0 Å². The lowest BCUT2D eigenvalue weighted by Crippen LogP contribution is -2.61. The van der Waals surface area contributed by atoms with Crippen LogP contribution in [0.4, 0.5) is 0 Å². The van der Waals surface area contributed by atoms with Gasteiger partial charge in [-0.2, -0.15) is 4.98 Å². The van der Waals surface area contributed by atoms with Gasteiger partial charge in [0.05, 0.1) is 17.6 Å². The van der Waals surface area contributed by atoms with Gasteiger partial charge < -0.3 is 4.74 Å². The Bertz CT molecular complexity index is 699. The third kappa shape index (κ3) is 1.32. The highest BCUT2D eigenvalue weighted by atomic mass is 16.5. The van der Waals surface area contributed by atoms with Crippen molar-refractivity contribution in [2.24, 2.45) is 5.92 Å². The van der Waals surface area contributed by atoms with Gasteiger partial charge in [-0.3, -0.25) is 9.47 Å². The summed E-state index contributed by atoms with van der Waals surface area (Å²) >= 11 is 0. The van der Waals surface area contributed by atoms with Gasteiger partial charge in [-0.05, 0) is 50.6 Å². The minimum atomic E-state index is -0.00207. The molecule has 1 aromatic carbocycles. The quantitative estimate of drug-likeness (QED) is 0.734. The molecule has 104 valence electrons. The Labute approximate surface area is 118 Å². The monoisotopic (exact) mass is 269 g/mol. The molecule has 0 unspecified atom stereocenters. The van der Waals surface area contributed by atoms with Gasteiger partial charge in [0.2, 0.25) is 0 Å². The van der Waals surface area contributed by atoms with Crippen LogP contribution in [0.3, 0.4) is 0 Å². The SMILES string of the molecule is Cc1ccc2c(c1)nc1n2C[C@@]2(CN3CCC2CC3)O1.